The van der Waals surface area contributed by atoms with Crippen LogP contribution in [0.4, 0.5) is 0 Å². The van der Waals surface area contributed by atoms with Gasteiger partial charge in [-0.1, -0.05) is 62.4 Å². The summed E-state index contributed by atoms with van der Waals surface area (Å²) in [6.45, 7) is 2.33. The number of hydrogen-bond donors (Lipinski definition) is 17. The first-order valence-corrected chi connectivity index (χ1v) is 31.3. The predicted molar refractivity (Wildman–Crippen MR) is 346 cm³/mol. The summed E-state index contributed by atoms with van der Waals surface area (Å²) in [6.07, 6.45) is 6.51. The topological polar surface area (TPSA) is 490 Å². The lowest BCUT2D eigenvalue weighted by Gasteiger charge is -2.30. The highest BCUT2D eigenvalue weighted by atomic mass is 16.3. The van der Waals surface area contributed by atoms with E-state index in [9.17, 15) is 53.4 Å². The van der Waals surface area contributed by atoms with Gasteiger partial charge < -0.3 is 95.1 Å². The van der Waals surface area contributed by atoms with Crippen LogP contribution in [0.25, 0.3) is 21.8 Å². The molecule has 2 aliphatic heterocycles. The molecule has 0 unspecified atom stereocenters. The van der Waals surface area contributed by atoms with Crippen molar-refractivity contribution in [3.63, 3.8) is 0 Å². The number of phenolic OH excluding ortho intramolecular Hbond substituents is 1. The van der Waals surface area contributed by atoms with Crippen molar-refractivity contribution in [2.75, 3.05) is 26.2 Å². The highest BCUT2D eigenvalue weighted by Crippen LogP contribution is 2.24. The van der Waals surface area contributed by atoms with E-state index in [0.29, 0.717) is 50.6 Å². The number of carbonyl (C=O) groups excluding carboxylic acids is 11. The molecule has 20 N–H and O–H groups in total. The van der Waals surface area contributed by atoms with E-state index >= 15 is 9.59 Å². The van der Waals surface area contributed by atoms with Crippen LogP contribution in [0.5, 0.6) is 5.75 Å². The van der Waals surface area contributed by atoms with Crippen molar-refractivity contribution in [3.8, 4) is 5.75 Å². The SMILES string of the molecule is CC(C)C[C@H](NC(=O)[C@@H](Cc1c[nH]c2ccccc12)NC(=O)[C@H](Cc1ccc(O)cc1)NC(=O)[C@H](CO)NC(=O)[C@H](Cc1c[nH]c2ccccc12)NC(=O)[C@@H](Cc1cnc[nH]1)NC(=O)[C@@H]1CCC(=O)N1)C(=O)N[C@@H](CCCN=C(N)N)C(=O)N1CCC[C@H]1C(=O)NCC(N)=O. The van der Waals surface area contributed by atoms with E-state index in [1.807, 2.05) is 0 Å². The predicted octanol–water partition coefficient (Wildman–Crippen LogP) is -2.29. The molecule has 2 fully saturated rings. The van der Waals surface area contributed by atoms with Gasteiger partial charge in [-0.3, -0.25) is 57.7 Å². The number of carbonyl (C=O) groups is 11. The first kappa shape index (κ1) is 70.0. The first-order valence-electron chi connectivity index (χ1n) is 31.3. The van der Waals surface area contributed by atoms with Gasteiger partial charge in [-0.25, -0.2) is 4.98 Å². The fraction of sp³-hybridized carbons (Fsp3) is 0.422. The number of imidazole rings is 1. The number of benzene rings is 3. The Labute approximate surface area is 545 Å². The van der Waals surface area contributed by atoms with Crippen LogP contribution in [-0.4, -0.2) is 187 Å². The number of likely N-dealkylation sites (tertiary alicyclic amines) is 1. The van der Waals surface area contributed by atoms with E-state index in [1.165, 1.54) is 41.7 Å². The summed E-state index contributed by atoms with van der Waals surface area (Å²) in [6, 6.07) is 7.78. The Morgan fingerprint density at radius 1 is 0.642 bits per heavy atom. The number of aromatic amines is 3. The second-order valence-electron chi connectivity index (χ2n) is 24.0. The molecule has 506 valence electrons. The van der Waals surface area contributed by atoms with Gasteiger partial charge in [-0.05, 0) is 85.4 Å². The monoisotopic (exact) mass is 1310 g/mol. The van der Waals surface area contributed by atoms with Crippen LogP contribution in [0.3, 0.4) is 0 Å². The van der Waals surface area contributed by atoms with Crippen molar-refractivity contribution in [3.05, 3.63) is 120 Å². The number of nitrogens with zero attached hydrogens (tertiary/aromatic N) is 3. The summed E-state index contributed by atoms with van der Waals surface area (Å²) >= 11 is 0. The van der Waals surface area contributed by atoms with Crippen molar-refractivity contribution < 1.29 is 63.0 Å². The second kappa shape index (κ2) is 33.1. The largest absolute Gasteiger partial charge is 0.508 e. The molecule has 95 heavy (non-hydrogen) atoms. The van der Waals surface area contributed by atoms with Crippen molar-refractivity contribution >= 4 is 92.7 Å². The van der Waals surface area contributed by atoms with Gasteiger partial charge in [0.15, 0.2) is 5.96 Å². The smallest absolute Gasteiger partial charge is 0.245 e. The zero-order chi connectivity index (χ0) is 68.3. The van der Waals surface area contributed by atoms with Crippen LogP contribution in [0.1, 0.15) is 81.2 Å². The maximum Gasteiger partial charge on any atom is 0.245 e. The van der Waals surface area contributed by atoms with Crippen molar-refractivity contribution in [2.24, 2.45) is 28.1 Å². The number of para-hydroxylation sites is 2. The number of aliphatic hydroxyl groups is 1. The molecule has 0 aliphatic carbocycles. The number of H-pyrrole nitrogens is 3. The average molecular weight is 1310 g/mol. The number of phenols is 1. The quantitative estimate of drug-likeness (QED) is 0.0117. The molecule has 9 atom stereocenters. The number of aliphatic hydroxyl groups excluding tert-OH is 1. The fourth-order valence-corrected chi connectivity index (χ4v) is 11.5. The third-order valence-electron chi connectivity index (χ3n) is 16.4. The van der Waals surface area contributed by atoms with Crippen molar-refractivity contribution in [1.82, 2.24) is 72.7 Å². The molecular weight excluding hydrogens is 1230 g/mol. The van der Waals surface area contributed by atoms with Crippen molar-refractivity contribution in [2.45, 2.75) is 139 Å². The summed E-state index contributed by atoms with van der Waals surface area (Å²) in [4.78, 5) is 172. The minimum atomic E-state index is -1.80. The molecule has 0 bridgehead atoms. The lowest BCUT2D eigenvalue weighted by molar-refractivity contribution is -0.142. The number of primary amides is 1. The molecule has 31 heteroatoms. The summed E-state index contributed by atoms with van der Waals surface area (Å²) in [5.74, 6) is -9.04. The zero-order valence-corrected chi connectivity index (χ0v) is 52.6. The molecule has 31 nitrogen and oxygen atoms in total. The number of guanidine groups is 1. The lowest BCUT2D eigenvalue weighted by atomic mass is 9.99. The van der Waals surface area contributed by atoms with E-state index in [1.54, 1.807) is 74.8 Å². The van der Waals surface area contributed by atoms with Gasteiger partial charge in [0.05, 0.1) is 19.5 Å². The second-order valence-corrected chi connectivity index (χ2v) is 24.0. The minimum Gasteiger partial charge on any atom is -0.508 e. The number of hydrogen-bond acceptors (Lipinski definition) is 15. The van der Waals surface area contributed by atoms with Crippen LogP contribution in [0.15, 0.2) is 103 Å². The maximum absolute atomic E-state index is 15.1. The number of nitrogens with one attached hydrogen (secondary N) is 12. The normalized spacial score (nSPS) is 16.6. The van der Waals surface area contributed by atoms with E-state index in [4.69, 9.17) is 17.2 Å². The van der Waals surface area contributed by atoms with Crippen LogP contribution < -0.4 is 65.1 Å². The van der Waals surface area contributed by atoms with Crippen LogP contribution >= 0.6 is 0 Å². The molecule has 3 aromatic carbocycles. The van der Waals surface area contributed by atoms with Gasteiger partial charge in [-0.2, -0.15) is 0 Å². The Kier molecular flexibility index (Phi) is 24.4. The van der Waals surface area contributed by atoms with Gasteiger partial charge in [0.2, 0.25) is 65.0 Å². The van der Waals surface area contributed by atoms with E-state index in [0.717, 1.165) is 0 Å². The molecule has 11 amide bonds. The number of aromatic hydroxyl groups is 1. The Hall–Kier alpha value is -10.8. The van der Waals surface area contributed by atoms with Crippen LogP contribution in [0, 0.1) is 5.92 Å². The summed E-state index contributed by atoms with van der Waals surface area (Å²) in [5, 5.41) is 46.5. The molecular formula is C64H82N18O13. The highest BCUT2D eigenvalue weighted by Gasteiger charge is 2.40. The molecule has 8 rings (SSSR count). The summed E-state index contributed by atoms with van der Waals surface area (Å²) in [5.41, 5.74) is 19.8. The Morgan fingerprint density at radius 2 is 1.18 bits per heavy atom. The molecule has 0 saturated carbocycles. The Bertz CT molecular complexity index is 3750. The van der Waals surface area contributed by atoms with Gasteiger partial charge in [0, 0.05) is 91.3 Å². The number of aliphatic imine (C=N–C) groups is 1. The third-order valence-corrected chi connectivity index (χ3v) is 16.4. The van der Waals surface area contributed by atoms with Gasteiger partial charge in [-0.15, -0.1) is 0 Å². The number of aromatic nitrogens is 4. The Morgan fingerprint density at radius 3 is 1.72 bits per heavy atom. The van der Waals surface area contributed by atoms with Crippen LogP contribution in [-0.2, 0) is 78.4 Å². The van der Waals surface area contributed by atoms with Crippen molar-refractivity contribution in [1.29, 1.82) is 0 Å². The molecule has 0 radical (unpaired) electrons. The first-order chi connectivity index (χ1) is 45.5. The zero-order valence-electron chi connectivity index (χ0n) is 52.6. The van der Waals surface area contributed by atoms with E-state index in [2.05, 4.69) is 72.8 Å². The number of nitrogens with two attached hydrogens (primary N) is 3. The standard InChI is InChI=1S/C64H82N18O13/c1-34(2)23-46(56(88)75-45(13-7-21-69-64(66)67)63(95)82-22-8-14-52(82)62(94)72-31-53(65)85)76-58(90)48(25-36-28-70-42-11-5-3-9-40(36)42)78-57(89)47(24-35-15-17-39(84)18-16-35)77-61(93)51(32-83)81-59(91)49(26-37-29-71-43-12-6-4-10-41(37)43)79-60(92)50(27-38-30-68-33-73-38)80-55(87)44-19-20-54(86)74-44/h3-6,9-12,15-18,28-30,33-34,44-52,70-71,83-84H,7-8,13-14,19-27,31-32H2,1-2H3,(H2,65,85)(H,68,73)(H,72,94)(H,74,86)(H,75,88)(H,76,90)(H,77,93)(H,78,89)(H,79,92)(H,80,87)(H,81,91)(H4,66,67,69)/t44-,45-,46-,47-,48+,49-,50+,51-,52-/m0/s1. The third kappa shape index (κ3) is 19.6. The maximum atomic E-state index is 15.1. The number of fused-ring (bicyclic) bond motifs is 2. The van der Waals surface area contributed by atoms with E-state index < -0.39 is 127 Å². The fourth-order valence-electron chi connectivity index (χ4n) is 11.5. The molecule has 6 aromatic rings. The molecule has 3 aromatic heterocycles. The molecule has 2 aliphatic rings. The van der Waals surface area contributed by atoms with Crippen LogP contribution in [0.2, 0.25) is 0 Å². The van der Waals surface area contributed by atoms with Gasteiger partial charge in [0.1, 0.15) is 60.1 Å². The van der Waals surface area contributed by atoms with Gasteiger partial charge >= 0.3 is 0 Å². The highest BCUT2D eigenvalue weighted by molar-refractivity contribution is 6.00. The summed E-state index contributed by atoms with van der Waals surface area (Å²) < 4.78 is 0. The molecule has 2 saturated heterocycles. The Balaban J connectivity index is 1.05. The van der Waals surface area contributed by atoms with Gasteiger partial charge in [0.25, 0.3) is 0 Å². The molecule has 0 spiro atoms. The minimum absolute atomic E-state index is 0.00905. The number of rotatable bonds is 33. The number of amides is 11. The lowest BCUT2D eigenvalue weighted by Crippen LogP contribution is -2.61. The molecule has 5 heterocycles. The summed E-state index contributed by atoms with van der Waals surface area (Å²) in [7, 11) is 0. The average Bonchev–Trinajstić information content (AvgIpc) is 1.81. The van der Waals surface area contributed by atoms with E-state index in [-0.39, 0.29) is 101 Å².